The summed E-state index contributed by atoms with van der Waals surface area (Å²) in [5.74, 6) is 1.86. The Labute approximate surface area is 192 Å². The van der Waals surface area contributed by atoms with Crippen LogP contribution in [-0.2, 0) is 0 Å². The van der Waals surface area contributed by atoms with Crippen molar-refractivity contribution in [3.8, 4) is 11.4 Å². The van der Waals surface area contributed by atoms with E-state index in [0.29, 0.717) is 12.0 Å². The molecule has 2 aromatic heterocycles. The van der Waals surface area contributed by atoms with Crippen LogP contribution in [0.2, 0.25) is 0 Å². The Balaban J connectivity index is 1.31. The number of fused-ring (bicyclic) bond motifs is 2. The van der Waals surface area contributed by atoms with Crippen LogP contribution in [0.5, 0.6) is 5.75 Å². The lowest BCUT2D eigenvalue weighted by molar-refractivity contribution is 0.0231. The van der Waals surface area contributed by atoms with Crippen LogP contribution in [0, 0.1) is 13.8 Å². The maximum absolute atomic E-state index is 12.8. The molecule has 2 aliphatic heterocycles. The number of hydrogen-bond donors (Lipinski definition) is 0. The Morgan fingerprint density at radius 3 is 2.48 bits per heavy atom. The summed E-state index contributed by atoms with van der Waals surface area (Å²) in [6.07, 6.45) is 2.04. The zero-order valence-corrected chi connectivity index (χ0v) is 18.9. The standard InChI is InChI=1S/C27H26N4O2/c1-18-16-24(28-26-25(18)19(2)29-31(26)20-8-4-3-5-9-20)30-14-12-27(13-15-30)17-22(32)21-10-6-7-11-23(21)33-27/h3-11,16H,12-15,17H2,1-2H3. The highest BCUT2D eigenvalue weighted by Crippen LogP contribution is 2.40. The van der Waals surface area contributed by atoms with Gasteiger partial charge in [-0.3, -0.25) is 4.79 Å². The van der Waals surface area contributed by atoms with Crippen molar-refractivity contribution in [2.45, 2.75) is 38.7 Å². The number of aromatic nitrogens is 3. The SMILES string of the molecule is Cc1cc(N2CCC3(CC2)CC(=O)c2ccccc2O3)nc2c1c(C)nn2-c1ccccc1. The summed E-state index contributed by atoms with van der Waals surface area (Å²) in [5.41, 5.74) is 4.34. The lowest BCUT2D eigenvalue weighted by Crippen LogP contribution is -2.51. The molecule has 6 nitrogen and oxygen atoms in total. The second-order valence-corrected chi connectivity index (χ2v) is 9.20. The average molecular weight is 439 g/mol. The summed E-state index contributed by atoms with van der Waals surface area (Å²) >= 11 is 0. The van der Waals surface area contributed by atoms with Crippen molar-refractivity contribution in [2.24, 2.45) is 0 Å². The Kier molecular flexibility index (Phi) is 4.50. The maximum atomic E-state index is 12.8. The van der Waals surface area contributed by atoms with Crippen molar-refractivity contribution in [3.05, 3.63) is 77.5 Å². The fourth-order valence-electron chi connectivity index (χ4n) is 5.26. The molecule has 0 radical (unpaired) electrons. The van der Waals surface area contributed by atoms with Gasteiger partial charge in [0, 0.05) is 31.3 Å². The quantitative estimate of drug-likeness (QED) is 0.439. The van der Waals surface area contributed by atoms with Crippen molar-refractivity contribution in [3.63, 3.8) is 0 Å². The van der Waals surface area contributed by atoms with Crippen LogP contribution >= 0.6 is 0 Å². The second kappa shape index (κ2) is 7.44. The van der Waals surface area contributed by atoms with Crippen LogP contribution in [0.25, 0.3) is 16.7 Å². The number of pyridine rings is 1. The van der Waals surface area contributed by atoms with E-state index in [0.717, 1.165) is 59.9 Å². The Morgan fingerprint density at radius 2 is 1.70 bits per heavy atom. The Hall–Kier alpha value is -3.67. The van der Waals surface area contributed by atoms with Crippen molar-refractivity contribution in [1.82, 2.24) is 14.8 Å². The molecule has 1 saturated heterocycles. The molecule has 0 N–H and O–H groups in total. The van der Waals surface area contributed by atoms with E-state index in [2.05, 4.69) is 30.0 Å². The molecule has 0 saturated carbocycles. The van der Waals surface area contributed by atoms with Gasteiger partial charge in [-0.05, 0) is 49.7 Å². The van der Waals surface area contributed by atoms with Gasteiger partial charge in [0.2, 0.25) is 0 Å². The monoisotopic (exact) mass is 438 g/mol. The van der Waals surface area contributed by atoms with Gasteiger partial charge in [-0.15, -0.1) is 0 Å². The number of carbonyl (C=O) groups is 1. The molecule has 0 atom stereocenters. The average Bonchev–Trinajstić information content (AvgIpc) is 3.17. The van der Waals surface area contributed by atoms with Crippen LogP contribution in [0.1, 0.15) is 40.9 Å². The highest BCUT2D eigenvalue weighted by molar-refractivity contribution is 6.00. The van der Waals surface area contributed by atoms with Crippen LogP contribution in [0.3, 0.4) is 0 Å². The van der Waals surface area contributed by atoms with Gasteiger partial charge in [0.15, 0.2) is 11.4 Å². The number of carbonyl (C=O) groups excluding carboxylic acids is 1. The Morgan fingerprint density at radius 1 is 0.970 bits per heavy atom. The molecule has 1 fully saturated rings. The van der Waals surface area contributed by atoms with E-state index < -0.39 is 5.60 Å². The summed E-state index contributed by atoms with van der Waals surface area (Å²) in [6, 6.07) is 19.9. The minimum absolute atomic E-state index is 0.183. The summed E-state index contributed by atoms with van der Waals surface area (Å²) in [7, 11) is 0. The van der Waals surface area contributed by atoms with E-state index in [-0.39, 0.29) is 5.78 Å². The fourth-order valence-corrected chi connectivity index (χ4v) is 5.26. The minimum atomic E-state index is -0.413. The molecule has 2 aromatic carbocycles. The smallest absolute Gasteiger partial charge is 0.170 e. The lowest BCUT2D eigenvalue weighted by atomic mass is 9.82. The number of nitrogens with zero attached hydrogens (tertiary/aromatic N) is 4. The molecule has 166 valence electrons. The lowest BCUT2D eigenvalue weighted by Gasteiger charge is -2.44. The molecule has 0 aliphatic carbocycles. The summed E-state index contributed by atoms with van der Waals surface area (Å²) < 4.78 is 8.34. The highest BCUT2D eigenvalue weighted by Gasteiger charge is 2.43. The van der Waals surface area contributed by atoms with Crippen molar-refractivity contribution >= 4 is 22.6 Å². The molecule has 33 heavy (non-hydrogen) atoms. The van der Waals surface area contributed by atoms with Crippen molar-refractivity contribution in [2.75, 3.05) is 18.0 Å². The van der Waals surface area contributed by atoms with Crippen LogP contribution in [0.4, 0.5) is 5.82 Å². The van der Waals surface area contributed by atoms with E-state index in [9.17, 15) is 4.79 Å². The zero-order chi connectivity index (χ0) is 22.6. The molecule has 0 unspecified atom stereocenters. The number of anilines is 1. The third-order valence-electron chi connectivity index (χ3n) is 6.99. The number of piperidine rings is 1. The molecule has 6 rings (SSSR count). The number of aryl methyl sites for hydroxylation is 2. The number of Topliss-reactive ketones (excluding diaryl/α,β-unsaturated/α-hetero) is 1. The first-order valence-corrected chi connectivity index (χ1v) is 11.5. The van der Waals surface area contributed by atoms with Gasteiger partial charge in [-0.2, -0.15) is 5.10 Å². The molecule has 4 heterocycles. The first-order chi connectivity index (χ1) is 16.0. The summed E-state index contributed by atoms with van der Waals surface area (Å²) in [6.45, 7) is 5.76. The maximum Gasteiger partial charge on any atom is 0.170 e. The third-order valence-corrected chi connectivity index (χ3v) is 6.99. The zero-order valence-electron chi connectivity index (χ0n) is 18.9. The van der Waals surface area contributed by atoms with Gasteiger partial charge >= 0.3 is 0 Å². The van der Waals surface area contributed by atoms with E-state index in [1.807, 2.05) is 54.1 Å². The molecule has 0 amide bonds. The molecule has 0 bridgehead atoms. The number of para-hydroxylation sites is 2. The summed E-state index contributed by atoms with van der Waals surface area (Å²) in [5, 5.41) is 5.89. The molecular formula is C27H26N4O2. The van der Waals surface area contributed by atoms with Gasteiger partial charge < -0.3 is 9.64 Å². The van der Waals surface area contributed by atoms with E-state index in [1.165, 1.54) is 5.56 Å². The highest BCUT2D eigenvalue weighted by atomic mass is 16.5. The van der Waals surface area contributed by atoms with Crippen molar-refractivity contribution in [1.29, 1.82) is 0 Å². The number of hydrogen-bond acceptors (Lipinski definition) is 5. The van der Waals surface area contributed by atoms with E-state index >= 15 is 0 Å². The second-order valence-electron chi connectivity index (χ2n) is 9.20. The minimum Gasteiger partial charge on any atom is -0.486 e. The topological polar surface area (TPSA) is 60.3 Å². The molecule has 6 heteroatoms. The molecule has 1 spiro atoms. The summed E-state index contributed by atoms with van der Waals surface area (Å²) in [4.78, 5) is 20.1. The van der Waals surface area contributed by atoms with Crippen LogP contribution in [0.15, 0.2) is 60.7 Å². The Bertz CT molecular complexity index is 1370. The number of ketones is 1. The fraction of sp³-hybridized carbons (Fsp3) is 0.296. The van der Waals surface area contributed by atoms with Gasteiger partial charge in [-0.25, -0.2) is 9.67 Å². The number of ether oxygens (including phenoxy) is 1. The molecular weight excluding hydrogens is 412 g/mol. The van der Waals surface area contributed by atoms with Gasteiger partial charge in [0.25, 0.3) is 0 Å². The normalized spacial score (nSPS) is 17.3. The van der Waals surface area contributed by atoms with Gasteiger partial charge in [0.1, 0.15) is 17.2 Å². The molecule has 4 aromatic rings. The number of rotatable bonds is 2. The van der Waals surface area contributed by atoms with Gasteiger partial charge in [0.05, 0.1) is 23.4 Å². The van der Waals surface area contributed by atoms with E-state index in [1.54, 1.807) is 0 Å². The van der Waals surface area contributed by atoms with Crippen LogP contribution in [-0.4, -0.2) is 39.2 Å². The third kappa shape index (κ3) is 3.28. The predicted molar refractivity (Wildman–Crippen MR) is 129 cm³/mol. The van der Waals surface area contributed by atoms with Crippen molar-refractivity contribution < 1.29 is 9.53 Å². The van der Waals surface area contributed by atoms with Gasteiger partial charge in [-0.1, -0.05) is 30.3 Å². The van der Waals surface area contributed by atoms with E-state index in [4.69, 9.17) is 14.8 Å². The first kappa shape index (κ1) is 20.0. The largest absolute Gasteiger partial charge is 0.486 e. The predicted octanol–water partition coefficient (Wildman–Crippen LogP) is 5.04. The molecule has 2 aliphatic rings. The first-order valence-electron chi connectivity index (χ1n) is 11.5. The number of benzene rings is 2. The van der Waals surface area contributed by atoms with Crippen LogP contribution < -0.4 is 9.64 Å².